The SMILES string of the molecule is COCCN1CN(c2ccc(Cl)cc2Cl)c2nc(C)c(C)c(=O)n2C1. The molecule has 0 unspecified atom stereocenters. The van der Waals surface area contributed by atoms with Gasteiger partial charge < -0.3 is 4.74 Å². The fourth-order valence-electron chi connectivity index (χ4n) is 2.83. The molecule has 3 rings (SSSR count). The lowest BCUT2D eigenvalue weighted by Gasteiger charge is -2.38. The first-order valence-electron chi connectivity index (χ1n) is 7.94. The first kappa shape index (κ1) is 18.2. The predicted octanol–water partition coefficient (Wildman–Crippen LogP) is 3.18. The quantitative estimate of drug-likeness (QED) is 0.812. The van der Waals surface area contributed by atoms with Gasteiger partial charge in [-0.3, -0.25) is 19.2 Å². The van der Waals surface area contributed by atoms with Crippen molar-refractivity contribution in [3.63, 3.8) is 0 Å². The zero-order valence-electron chi connectivity index (χ0n) is 14.4. The second-order valence-corrected chi connectivity index (χ2v) is 6.89. The Morgan fingerprint density at radius 2 is 2.00 bits per heavy atom. The van der Waals surface area contributed by atoms with Crippen LogP contribution in [0.4, 0.5) is 11.6 Å². The molecule has 2 aromatic rings. The number of hydrogen-bond acceptors (Lipinski definition) is 5. The summed E-state index contributed by atoms with van der Waals surface area (Å²) in [6.45, 7) is 5.93. The van der Waals surface area contributed by atoms with Crippen molar-refractivity contribution in [1.29, 1.82) is 0 Å². The monoisotopic (exact) mass is 382 g/mol. The summed E-state index contributed by atoms with van der Waals surface area (Å²) in [5.41, 5.74) is 2.09. The summed E-state index contributed by atoms with van der Waals surface area (Å²) >= 11 is 12.4. The molecular weight excluding hydrogens is 363 g/mol. The number of fused-ring (bicyclic) bond motifs is 1. The zero-order chi connectivity index (χ0) is 18.1. The molecule has 0 radical (unpaired) electrons. The number of halogens is 2. The molecule has 0 amide bonds. The summed E-state index contributed by atoms with van der Waals surface area (Å²) < 4.78 is 6.85. The van der Waals surface area contributed by atoms with E-state index in [4.69, 9.17) is 27.9 Å². The fourth-order valence-corrected chi connectivity index (χ4v) is 3.34. The van der Waals surface area contributed by atoms with Crippen molar-refractivity contribution in [2.45, 2.75) is 20.5 Å². The van der Waals surface area contributed by atoms with Gasteiger partial charge >= 0.3 is 0 Å². The van der Waals surface area contributed by atoms with E-state index in [1.807, 2.05) is 17.9 Å². The Balaban J connectivity index is 2.12. The molecule has 1 aliphatic rings. The Labute approximate surface area is 156 Å². The summed E-state index contributed by atoms with van der Waals surface area (Å²) in [5, 5.41) is 1.08. The smallest absolute Gasteiger partial charge is 0.259 e. The average molecular weight is 383 g/mol. The van der Waals surface area contributed by atoms with E-state index in [2.05, 4.69) is 9.88 Å². The van der Waals surface area contributed by atoms with Crippen LogP contribution >= 0.6 is 23.2 Å². The molecule has 0 saturated carbocycles. The van der Waals surface area contributed by atoms with Crippen LogP contribution in [-0.4, -0.2) is 41.4 Å². The molecule has 1 aromatic carbocycles. The van der Waals surface area contributed by atoms with Crippen molar-refractivity contribution in [3.05, 3.63) is 49.9 Å². The van der Waals surface area contributed by atoms with E-state index in [0.29, 0.717) is 48.0 Å². The maximum Gasteiger partial charge on any atom is 0.259 e. The number of aryl methyl sites for hydroxylation is 1. The molecule has 0 bridgehead atoms. The van der Waals surface area contributed by atoms with Gasteiger partial charge in [-0.2, -0.15) is 0 Å². The molecule has 2 heterocycles. The van der Waals surface area contributed by atoms with Crippen LogP contribution in [0.2, 0.25) is 10.0 Å². The van der Waals surface area contributed by atoms with Gasteiger partial charge in [-0.15, -0.1) is 0 Å². The highest BCUT2D eigenvalue weighted by Crippen LogP contribution is 2.34. The maximum atomic E-state index is 12.8. The summed E-state index contributed by atoms with van der Waals surface area (Å²) in [5.74, 6) is 0.589. The number of nitrogens with zero attached hydrogens (tertiary/aromatic N) is 4. The minimum Gasteiger partial charge on any atom is -0.383 e. The van der Waals surface area contributed by atoms with Gasteiger partial charge in [-0.25, -0.2) is 4.98 Å². The van der Waals surface area contributed by atoms with Crippen LogP contribution in [0.1, 0.15) is 11.3 Å². The molecule has 0 atom stereocenters. The van der Waals surface area contributed by atoms with Gasteiger partial charge in [0.25, 0.3) is 5.56 Å². The molecule has 0 N–H and O–H groups in total. The average Bonchev–Trinajstić information content (AvgIpc) is 2.58. The molecule has 6 nitrogen and oxygen atoms in total. The van der Waals surface area contributed by atoms with Crippen molar-refractivity contribution in [2.24, 2.45) is 0 Å². The first-order valence-corrected chi connectivity index (χ1v) is 8.70. The lowest BCUT2D eigenvalue weighted by molar-refractivity contribution is 0.121. The molecule has 0 fully saturated rings. The molecule has 1 aromatic heterocycles. The Morgan fingerprint density at radius 3 is 2.68 bits per heavy atom. The van der Waals surface area contributed by atoms with Gasteiger partial charge in [0, 0.05) is 29.9 Å². The van der Waals surface area contributed by atoms with E-state index < -0.39 is 0 Å². The summed E-state index contributed by atoms with van der Waals surface area (Å²) in [6, 6.07) is 5.31. The highest BCUT2D eigenvalue weighted by Gasteiger charge is 2.28. The molecule has 0 spiro atoms. The van der Waals surface area contributed by atoms with Gasteiger partial charge in [-0.1, -0.05) is 23.2 Å². The molecule has 8 heteroatoms. The maximum absolute atomic E-state index is 12.8. The Morgan fingerprint density at radius 1 is 1.24 bits per heavy atom. The zero-order valence-corrected chi connectivity index (χ0v) is 15.9. The summed E-state index contributed by atoms with van der Waals surface area (Å²) in [6.07, 6.45) is 0. The second kappa shape index (κ2) is 7.33. The van der Waals surface area contributed by atoms with Gasteiger partial charge in [0.1, 0.15) is 0 Å². The molecule has 1 aliphatic heterocycles. The van der Waals surface area contributed by atoms with E-state index >= 15 is 0 Å². The lowest BCUT2D eigenvalue weighted by Crippen LogP contribution is -2.48. The molecular formula is C17H20Cl2N4O2. The second-order valence-electron chi connectivity index (χ2n) is 6.05. The molecule has 25 heavy (non-hydrogen) atoms. The third-order valence-corrected chi connectivity index (χ3v) is 4.89. The van der Waals surface area contributed by atoms with Crippen molar-refractivity contribution in [1.82, 2.24) is 14.5 Å². The van der Waals surface area contributed by atoms with Crippen molar-refractivity contribution in [2.75, 3.05) is 31.8 Å². The van der Waals surface area contributed by atoms with Gasteiger partial charge in [0.2, 0.25) is 5.95 Å². The largest absolute Gasteiger partial charge is 0.383 e. The van der Waals surface area contributed by atoms with E-state index in [9.17, 15) is 4.79 Å². The standard InChI is InChI=1S/C17H20Cl2N4O2/c1-11-12(2)20-17-22(15-5-4-13(18)8-14(15)19)9-21(6-7-25-3)10-23(17)16(11)24/h4-5,8H,6-7,9-10H2,1-3H3. The van der Waals surface area contributed by atoms with Crippen molar-refractivity contribution < 1.29 is 4.74 Å². The normalized spacial score (nSPS) is 14.7. The van der Waals surface area contributed by atoms with E-state index in [-0.39, 0.29) is 5.56 Å². The molecule has 0 saturated heterocycles. The summed E-state index contributed by atoms with van der Waals surface area (Å²) in [4.78, 5) is 21.4. The van der Waals surface area contributed by atoms with E-state index in [1.165, 1.54) is 0 Å². The lowest BCUT2D eigenvalue weighted by atomic mass is 10.2. The van der Waals surface area contributed by atoms with Crippen LogP contribution < -0.4 is 10.5 Å². The Kier molecular flexibility index (Phi) is 5.34. The fraction of sp³-hybridized carbons (Fsp3) is 0.412. The number of methoxy groups -OCH3 is 1. The topological polar surface area (TPSA) is 50.6 Å². The number of hydrogen-bond donors (Lipinski definition) is 0. The number of rotatable bonds is 4. The van der Waals surface area contributed by atoms with Gasteiger partial charge in [-0.05, 0) is 32.0 Å². The van der Waals surface area contributed by atoms with Crippen LogP contribution in [0.15, 0.2) is 23.0 Å². The van der Waals surface area contributed by atoms with Gasteiger partial charge in [0.05, 0.1) is 30.7 Å². The van der Waals surface area contributed by atoms with Crippen LogP contribution in [0, 0.1) is 13.8 Å². The summed E-state index contributed by atoms with van der Waals surface area (Å²) in [7, 11) is 1.66. The minimum absolute atomic E-state index is 0.0419. The molecule has 134 valence electrons. The van der Waals surface area contributed by atoms with Crippen molar-refractivity contribution >= 4 is 34.8 Å². The van der Waals surface area contributed by atoms with Crippen LogP contribution in [0.25, 0.3) is 0 Å². The van der Waals surface area contributed by atoms with Crippen molar-refractivity contribution in [3.8, 4) is 0 Å². The minimum atomic E-state index is -0.0419. The number of ether oxygens (including phenoxy) is 1. The third kappa shape index (κ3) is 3.53. The number of benzene rings is 1. The van der Waals surface area contributed by atoms with Gasteiger partial charge in [0.15, 0.2) is 0 Å². The van der Waals surface area contributed by atoms with Crippen LogP contribution in [0.3, 0.4) is 0 Å². The predicted molar refractivity (Wildman–Crippen MR) is 100 cm³/mol. The first-order chi connectivity index (χ1) is 11.9. The third-order valence-electron chi connectivity index (χ3n) is 4.35. The van der Waals surface area contributed by atoms with Crippen LogP contribution in [-0.2, 0) is 11.4 Å². The molecule has 0 aliphatic carbocycles. The number of aromatic nitrogens is 2. The number of anilines is 2. The highest BCUT2D eigenvalue weighted by molar-refractivity contribution is 6.36. The Bertz CT molecular complexity index is 853. The highest BCUT2D eigenvalue weighted by atomic mass is 35.5. The van der Waals surface area contributed by atoms with E-state index in [0.717, 1.165) is 11.4 Å². The van der Waals surface area contributed by atoms with E-state index in [1.54, 1.807) is 30.7 Å². The van der Waals surface area contributed by atoms with Crippen LogP contribution in [0.5, 0.6) is 0 Å². The Hall–Kier alpha value is -1.60.